The highest BCUT2D eigenvalue weighted by Gasteiger charge is 2.10. The molecule has 0 radical (unpaired) electrons. The Kier molecular flexibility index (Phi) is 4.10. The van der Waals surface area contributed by atoms with Gasteiger partial charge in [-0.3, -0.25) is 9.78 Å². The molecule has 114 valence electrons. The number of nitrogens with one attached hydrogen (secondary N) is 1. The fraction of sp³-hybridized carbons (Fsp3) is 0. The fourth-order valence-electron chi connectivity index (χ4n) is 2.21. The third-order valence-electron chi connectivity index (χ3n) is 3.29. The highest BCUT2D eigenvalue weighted by atomic mass is 19.1. The lowest BCUT2D eigenvalue weighted by atomic mass is 10.1. The number of pyridine rings is 1. The number of rotatable bonds is 3. The normalized spacial score (nSPS) is 11.0. The van der Waals surface area contributed by atoms with Crippen LogP contribution in [0.4, 0.5) is 14.5 Å². The molecule has 0 unspecified atom stereocenters. The van der Waals surface area contributed by atoms with Gasteiger partial charge >= 0.3 is 0 Å². The third kappa shape index (κ3) is 3.23. The molecule has 0 saturated heterocycles. The molecule has 1 heterocycles. The van der Waals surface area contributed by atoms with Crippen LogP contribution in [-0.2, 0) is 4.79 Å². The molecule has 3 aromatic rings. The van der Waals surface area contributed by atoms with E-state index in [1.807, 2.05) is 30.3 Å². The molecule has 0 fully saturated rings. The summed E-state index contributed by atoms with van der Waals surface area (Å²) in [6.07, 6.45) is 4.44. The number of amides is 1. The van der Waals surface area contributed by atoms with Gasteiger partial charge in [-0.15, -0.1) is 0 Å². The molecular weight excluding hydrogens is 298 g/mol. The van der Waals surface area contributed by atoms with Crippen LogP contribution < -0.4 is 5.32 Å². The molecule has 0 aliphatic heterocycles. The second kappa shape index (κ2) is 6.36. The molecule has 3 nitrogen and oxygen atoms in total. The van der Waals surface area contributed by atoms with Crippen LogP contribution in [0.1, 0.15) is 5.56 Å². The number of para-hydroxylation sites is 2. The van der Waals surface area contributed by atoms with Gasteiger partial charge in [-0.05, 0) is 24.3 Å². The van der Waals surface area contributed by atoms with Gasteiger partial charge in [0, 0.05) is 23.2 Å². The predicted octanol–water partition coefficient (Wildman–Crippen LogP) is 4.16. The van der Waals surface area contributed by atoms with Gasteiger partial charge < -0.3 is 5.32 Å². The van der Waals surface area contributed by atoms with Crippen LogP contribution in [0.5, 0.6) is 0 Å². The zero-order chi connectivity index (χ0) is 16.2. The summed E-state index contributed by atoms with van der Waals surface area (Å²) in [6.45, 7) is 0. The molecule has 0 atom stereocenters. The Balaban J connectivity index is 1.83. The van der Waals surface area contributed by atoms with Crippen LogP contribution >= 0.6 is 0 Å². The Labute approximate surface area is 131 Å². The molecule has 2 aromatic carbocycles. The number of carbonyl (C=O) groups is 1. The van der Waals surface area contributed by atoms with Gasteiger partial charge in [0.05, 0.1) is 5.52 Å². The molecule has 0 bridgehead atoms. The monoisotopic (exact) mass is 310 g/mol. The van der Waals surface area contributed by atoms with E-state index >= 15 is 0 Å². The Hall–Kier alpha value is -3.08. The standard InChI is InChI=1S/C18H12F2N2O/c19-14-7-2-8-15(20)18(14)22-16(23)10-9-13-5-1-4-12-6-3-11-21-17(12)13/h1-11H,(H,22,23)/b10-9+. The Bertz CT molecular complexity index is 881. The van der Waals surface area contributed by atoms with E-state index in [4.69, 9.17) is 0 Å². The lowest BCUT2D eigenvalue weighted by Crippen LogP contribution is -2.10. The first-order chi connectivity index (χ1) is 11.1. The van der Waals surface area contributed by atoms with Crippen molar-refractivity contribution in [3.05, 3.63) is 78.0 Å². The van der Waals surface area contributed by atoms with Crippen LogP contribution in [0, 0.1) is 11.6 Å². The lowest BCUT2D eigenvalue weighted by Gasteiger charge is -2.05. The maximum Gasteiger partial charge on any atom is 0.248 e. The maximum atomic E-state index is 13.5. The number of aromatic nitrogens is 1. The van der Waals surface area contributed by atoms with Gasteiger partial charge in [-0.25, -0.2) is 8.78 Å². The van der Waals surface area contributed by atoms with Crippen molar-refractivity contribution >= 4 is 28.6 Å². The first-order valence-electron chi connectivity index (χ1n) is 6.92. The van der Waals surface area contributed by atoms with Crippen LogP contribution in [0.15, 0.2) is 60.8 Å². The second-order valence-corrected chi connectivity index (χ2v) is 4.84. The van der Waals surface area contributed by atoms with Gasteiger partial charge in [0.2, 0.25) is 5.91 Å². The average molecular weight is 310 g/mol. The second-order valence-electron chi connectivity index (χ2n) is 4.84. The zero-order valence-corrected chi connectivity index (χ0v) is 12.0. The van der Waals surface area contributed by atoms with Crippen LogP contribution in [0.3, 0.4) is 0 Å². The number of hydrogen-bond donors (Lipinski definition) is 1. The minimum absolute atomic E-state index is 0.460. The van der Waals surface area contributed by atoms with Crippen molar-refractivity contribution in [2.45, 2.75) is 0 Å². The maximum absolute atomic E-state index is 13.5. The first-order valence-corrected chi connectivity index (χ1v) is 6.92. The highest BCUT2D eigenvalue weighted by Crippen LogP contribution is 2.19. The van der Waals surface area contributed by atoms with Gasteiger partial charge in [-0.2, -0.15) is 0 Å². The van der Waals surface area contributed by atoms with Crippen molar-refractivity contribution in [2.24, 2.45) is 0 Å². The molecule has 0 aliphatic carbocycles. The molecule has 1 N–H and O–H groups in total. The van der Waals surface area contributed by atoms with E-state index in [1.54, 1.807) is 12.3 Å². The minimum atomic E-state index is -0.821. The number of anilines is 1. The number of carbonyl (C=O) groups excluding carboxylic acids is 1. The summed E-state index contributed by atoms with van der Waals surface area (Å²) >= 11 is 0. The highest BCUT2D eigenvalue weighted by molar-refractivity contribution is 6.03. The van der Waals surface area contributed by atoms with Crippen LogP contribution in [0.25, 0.3) is 17.0 Å². The number of nitrogens with zero attached hydrogens (tertiary/aromatic N) is 1. The average Bonchev–Trinajstić information content (AvgIpc) is 2.56. The van der Waals surface area contributed by atoms with E-state index in [2.05, 4.69) is 10.3 Å². The van der Waals surface area contributed by atoms with Gasteiger partial charge in [0.1, 0.15) is 17.3 Å². The largest absolute Gasteiger partial charge is 0.318 e. The zero-order valence-electron chi connectivity index (χ0n) is 12.0. The van der Waals surface area contributed by atoms with Crippen LogP contribution in [0.2, 0.25) is 0 Å². The molecule has 23 heavy (non-hydrogen) atoms. The summed E-state index contributed by atoms with van der Waals surface area (Å²) in [5, 5.41) is 3.14. The van der Waals surface area contributed by atoms with Gasteiger partial charge in [0.15, 0.2) is 0 Å². The summed E-state index contributed by atoms with van der Waals surface area (Å²) in [4.78, 5) is 16.1. The van der Waals surface area contributed by atoms with Crippen molar-refractivity contribution in [1.29, 1.82) is 0 Å². The molecule has 1 amide bonds. The van der Waals surface area contributed by atoms with Crippen molar-refractivity contribution in [2.75, 3.05) is 5.32 Å². The van der Waals surface area contributed by atoms with Gasteiger partial charge in [-0.1, -0.05) is 30.3 Å². The predicted molar refractivity (Wildman–Crippen MR) is 85.8 cm³/mol. The SMILES string of the molecule is O=C(/C=C/c1cccc2cccnc12)Nc1c(F)cccc1F. The van der Waals surface area contributed by atoms with E-state index in [1.165, 1.54) is 12.1 Å². The van der Waals surface area contributed by atoms with Crippen molar-refractivity contribution in [3.63, 3.8) is 0 Å². The molecule has 0 saturated carbocycles. The molecule has 3 rings (SSSR count). The third-order valence-corrected chi connectivity index (χ3v) is 3.29. The van der Waals surface area contributed by atoms with E-state index in [0.717, 1.165) is 28.6 Å². The van der Waals surface area contributed by atoms with E-state index in [0.29, 0.717) is 0 Å². The topological polar surface area (TPSA) is 42.0 Å². The van der Waals surface area contributed by atoms with Crippen molar-refractivity contribution in [3.8, 4) is 0 Å². The van der Waals surface area contributed by atoms with Crippen molar-refractivity contribution < 1.29 is 13.6 Å². The molecule has 0 spiro atoms. The number of benzene rings is 2. The quantitative estimate of drug-likeness (QED) is 0.738. The molecule has 1 aromatic heterocycles. The smallest absolute Gasteiger partial charge is 0.248 e. The number of halogens is 2. The van der Waals surface area contributed by atoms with Gasteiger partial charge in [0.25, 0.3) is 0 Å². The Morgan fingerprint density at radius 1 is 1.00 bits per heavy atom. The lowest BCUT2D eigenvalue weighted by molar-refractivity contribution is -0.111. The number of hydrogen-bond acceptors (Lipinski definition) is 2. The fourth-order valence-corrected chi connectivity index (χ4v) is 2.21. The summed E-state index contributed by atoms with van der Waals surface area (Å²) in [6, 6.07) is 12.7. The first kappa shape index (κ1) is 14.8. The summed E-state index contributed by atoms with van der Waals surface area (Å²) in [5.41, 5.74) is 1.03. The van der Waals surface area contributed by atoms with Crippen molar-refractivity contribution in [1.82, 2.24) is 4.98 Å². The summed E-state index contributed by atoms with van der Waals surface area (Å²) in [5.74, 6) is -2.26. The molecular formula is C18H12F2N2O. The summed E-state index contributed by atoms with van der Waals surface area (Å²) in [7, 11) is 0. The van der Waals surface area contributed by atoms with E-state index < -0.39 is 23.2 Å². The Morgan fingerprint density at radius 2 is 1.70 bits per heavy atom. The van der Waals surface area contributed by atoms with E-state index in [-0.39, 0.29) is 0 Å². The van der Waals surface area contributed by atoms with E-state index in [9.17, 15) is 13.6 Å². The molecule has 5 heteroatoms. The number of fused-ring (bicyclic) bond motifs is 1. The van der Waals surface area contributed by atoms with Crippen LogP contribution in [-0.4, -0.2) is 10.9 Å². The summed E-state index contributed by atoms with van der Waals surface area (Å²) < 4.78 is 27.0. The minimum Gasteiger partial charge on any atom is -0.318 e. The Morgan fingerprint density at radius 3 is 2.48 bits per heavy atom. The molecule has 0 aliphatic rings.